The second-order valence-corrected chi connectivity index (χ2v) is 5.44. The third kappa shape index (κ3) is 2.98. The van der Waals surface area contributed by atoms with Crippen LogP contribution in [0.25, 0.3) is 0 Å². The molecular weight excluding hydrogens is 218 g/mol. The summed E-state index contributed by atoms with van der Waals surface area (Å²) in [7, 11) is 0. The Kier molecular flexibility index (Phi) is 3.81. The van der Waals surface area contributed by atoms with Crippen LogP contribution in [0.2, 0.25) is 0 Å². The van der Waals surface area contributed by atoms with Crippen LogP contribution in [-0.4, -0.2) is 4.98 Å². The molecule has 1 aromatic carbocycles. The van der Waals surface area contributed by atoms with Gasteiger partial charge in [0.15, 0.2) is 0 Å². The lowest BCUT2D eigenvalue weighted by molar-refractivity contribution is 0.505. The monoisotopic (exact) mass is 239 g/mol. The zero-order chi connectivity index (χ0) is 13.0. The molecule has 0 bridgehead atoms. The van der Waals surface area contributed by atoms with Crippen LogP contribution in [0.5, 0.6) is 0 Å². The number of pyridine rings is 1. The van der Waals surface area contributed by atoms with E-state index < -0.39 is 0 Å². The smallest absolute Gasteiger partial charge is 0.0450 e. The summed E-state index contributed by atoms with van der Waals surface area (Å²) in [6, 6.07) is 14.9. The van der Waals surface area contributed by atoms with Crippen LogP contribution in [0.3, 0.4) is 0 Å². The van der Waals surface area contributed by atoms with Crippen molar-refractivity contribution in [1.82, 2.24) is 4.98 Å². The molecule has 0 fully saturated rings. The van der Waals surface area contributed by atoms with Gasteiger partial charge in [0.25, 0.3) is 0 Å². The quantitative estimate of drug-likeness (QED) is 0.772. The van der Waals surface area contributed by atoms with Crippen molar-refractivity contribution in [2.24, 2.45) is 0 Å². The maximum absolute atomic E-state index is 4.48. The van der Waals surface area contributed by atoms with Crippen molar-refractivity contribution in [3.8, 4) is 0 Å². The van der Waals surface area contributed by atoms with Gasteiger partial charge in [-0.05, 0) is 35.1 Å². The fourth-order valence-electron chi connectivity index (χ4n) is 2.00. The minimum absolute atomic E-state index is 0.231. The minimum Gasteiger partial charge on any atom is -0.261 e. The van der Waals surface area contributed by atoms with Crippen molar-refractivity contribution in [2.45, 2.75) is 39.0 Å². The molecule has 0 aliphatic carbocycles. The van der Waals surface area contributed by atoms with Crippen molar-refractivity contribution < 1.29 is 0 Å². The normalized spacial score (nSPS) is 11.5. The highest BCUT2D eigenvalue weighted by Crippen LogP contribution is 2.26. The number of rotatable bonds is 4. The Morgan fingerprint density at radius 3 is 2.44 bits per heavy atom. The molecular formula is C17H21N. The van der Waals surface area contributed by atoms with Crippen molar-refractivity contribution in [3.63, 3.8) is 0 Å². The van der Waals surface area contributed by atoms with E-state index in [1.807, 2.05) is 12.3 Å². The Hall–Kier alpha value is -1.63. The predicted octanol–water partition coefficient (Wildman–Crippen LogP) is 4.36. The Labute approximate surface area is 110 Å². The predicted molar refractivity (Wildman–Crippen MR) is 76.8 cm³/mol. The molecule has 0 aliphatic rings. The van der Waals surface area contributed by atoms with Crippen molar-refractivity contribution >= 4 is 0 Å². The van der Waals surface area contributed by atoms with Gasteiger partial charge >= 0.3 is 0 Å². The van der Waals surface area contributed by atoms with Gasteiger partial charge in [-0.15, -0.1) is 0 Å². The lowest BCUT2D eigenvalue weighted by Gasteiger charge is -2.23. The molecule has 1 heterocycles. The standard InChI is InChI=1S/C17H21N/c1-4-17(2,3)15-10-11-18-16(13-15)12-14-8-6-5-7-9-14/h5-11,13H,4,12H2,1-3H3. The van der Waals surface area contributed by atoms with Gasteiger partial charge in [0.1, 0.15) is 0 Å². The van der Waals surface area contributed by atoms with E-state index in [4.69, 9.17) is 0 Å². The van der Waals surface area contributed by atoms with Gasteiger partial charge in [0, 0.05) is 18.3 Å². The summed E-state index contributed by atoms with van der Waals surface area (Å²) in [5.41, 5.74) is 4.08. The summed E-state index contributed by atoms with van der Waals surface area (Å²) in [4.78, 5) is 4.48. The van der Waals surface area contributed by atoms with Gasteiger partial charge in [-0.2, -0.15) is 0 Å². The first-order valence-electron chi connectivity index (χ1n) is 6.61. The molecule has 0 saturated heterocycles. The van der Waals surface area contributed by atoms with E-state index in [0.29, 0.717) is 0 Å². The largest absolute Gasteiger partial charge is 0.261 e. The first kappa shape index (κ1) is 12.8. The first-order valence-corrected chi connectivity index (χ1v) is 6.61. The first-order chi connectivity index (χ1) is 8.62. The molecule has 0 radical (unpaired) electrons. The molecule has 18 heavy (non-hydrogen) atoms. The molecule has 0 atom stereocenters. The third-order valence-electron chi connectivity index (χ3n) is 3.71. The van der Waals surface area contributed by atoms with Crippen LogP contribution < -0.4 is 0 Å². The number of hydrogen-bond acceptors (Lipinski definition) is 1. The maximum atomic E-state index is 4.48. The zero-order valence-corrected chi connectivity index (χ0v) is 11.5. The van der Waals surface area contributed by atoms with Gasteiger partial charge in [0.05, 0.1) is 0 Å². The highest BCUT2D eigenvalue weighted by Gasteiger charge is 2.18. The Morgan fingerprint density at radius 1 is 1.06 bits per heavy atom. The van der Waals surface area contributed by atoms with Gasteiger partial charge < -0.3 is 0 Å². The molecule has 0 saturated carbocycles. The molecule has 0 amide bonds. The van der Waals surface area contributed by atoms with Crippen LogP contribution in [0.4, 0.5) is 0 Å². The van der Waals surface area contributed by atoms with Crippen molar-refractivity contribution in [3.05, 3.63) is 65.5 Å². The summed E-state index contributed by atoms with van der Waals surface area (Å²) in [6.45, 7) is 6.81. The van der Waals surface area contributed by atoms with E-state index in [1.54, 1.807) is 0 Å². The Balaban J connectivity index is 2.23. The average Bonchev–Trinajstić information content (AvgIpc) is 2.40. The van der Waals surface area contributed by atoms with E-state index in [-0.39, 0.29) is 5.41 Å². The summed E-state index contributed by atoms with van der Waals surface area (Å²) < 4.78 is 0. The molecule has 94 valence electrons. The minimum atomic E-state index is 0.231. The number of benzene rings is 1. The molecule has 1 aromatic heterocycles. The molecule has 1 nitrogen and oxygen atoms in total. The second-order valence-electron chi connectivity index (χ2n) is 5.44. The van der Waals surface area contributed by atoms with E-state index in [1.165, 1.54) is 11.1 Å². The summed E-state index contributed by atoms with van der Waals surface area (Å²) in [6.07, 6.45) is 3.99. The van der Waals surface area contributed by atoms with Crippen LogP contribution in [0.15, 0.2) is 48.7 Å². The van der Waals surface area contributed by atoms with Gasteiger partial charge in [-0.1, -0.05) is 51.1 Å². The lowest BCUT2D eigenvalue weighted by atomic mass is 9.82. The fourth-order valence-corrected chi connectivity index (χ4v) is 2.00. The van der Waals surface area contributed by atoms with E-state index in [2.05, 4.69) is 62.2 Å². The maximum Gasteiger partial charge on any atom is 0.0450 e. The molecule has 0 aliphatic heterocycles. The third-order valence-corrected chi connectivity index (χ3v) is 3.71. The highest BCUT2D eigenvalue weighted by atomic mass is 14.7. The Morgan fingerprint density at radius 2 is 1.78 bits per heavy atom. The molecule has 1 heteroatoms. The highest BCUT2D eigenvalue weighted by molar-refractivity contribution is 5.28. The second kappa shape index (κ2) is 5.34. The molecule has 0 unspecified atom stereocenters. The number of nitrogens with zero attached hydrogens (tertiary/aromatic N) is 1. The van der Waals surface area contributed by atoms with Gasteiger partial charge in [-0.25, -0.2) is 0 Å². The number of aromatic nitrogens is 1. The topological polar surface area (TPSA) is 12.9 Å². The summed E-state index contributed by atoms with van der Waals surface area (Å²) in [5, 5.41) is 0. The van der Waals surface area contributed by atoms with E-state index >= 15 is 0 Å². The van der Waals surface area contributed by atoms with Gasteiger partial charge in [-0.3, -0.25) is 4.98 Å². The zero-order valence-electron chi connectivity index (χ0n) is 11.5. The molecule has 2 rings (SSSR count). The SMILES string of the molecule is CCC(C)(C)c1ccnc(Cc2ccccc2)c1. The van der Waals surface area contributed by atoms with Crippen molar-refractivity contribution in [2.75, 3.05) is 0 Å². The van der Waals surface area contributed by atoms with Crippen LogP contribution in [0.1, 0.15) is 44.0 Å². The van der Waals surface area contributed by atoms with Crippen LogP contribution in [0, 0.1) is 0 Å². The molecule has 2 aromatic rings. The van der Waals surface area contributed by atoms with E-state index in [0.717, 1.165) is 18.5 Å². The van der Waals surface area contributed by atoms with Crippen LogP contribution in [-0.2, 0) is 11.8 Å². The van der Waals surface area contributed by atoms with Crippen molar-refractivity contribution in [1.29, 1.82) is 0 Å². The number of hydrogen-bond donors (Lipinski definition) is 0. The average molecular weight is 239 g/mol. The fraction of sp³-hybridized carbons (Fsp3) is 0.353. The summed E-state index contributed by atoms with van der Waals surface area (Å²) in [5.74, 6) is 0. The van der Waals surface area contributed by atoms with Gasteiger partial charge in [0.2, 0.25) is 0 Å². The molecule has 0 N–H and O–H groups in total. The summed E-state index contributed by atoms with van der Waals surface area (Å²) >= 11 is 0. The Bertz CT molecular complexity index is 500. The lowest BCUT2D eigenvalue weighted by Crippen LogP contribution is -2.16. The van der Waals surface area contributed by atoms with E-state index in [9.17, 15) is 0 Å². The van der Waals surface area contributed by atoms with Crippen LogP contribution >= 0.6 is 0 Å². The molecule has 0 spiro atoms.